The lowest BCUT2D eigenvalue weighted by Crippen LogP contribution is -2.17. The van der Waals surface area contributed by atoms with E-state index in [9.17, 15) is 4.79 Å². The van der Waals surface area contributed by atoms with Crippen LogP contribution in [0.25, 0.3) is 0 Å². The molecule has 0 saturated heterocycles. The first-order valence-corrected chi connectivity index (χ1v) is 5.96. The molecule has 0 N–H and O–H groups in total. The molecule has 0 unspecified atom stereocenters. The van der Waals surface area contributed by atoms with E-state index in [1.54, 1.807) is 13.1 Å². The van der Waals surface area contributed by atoms with E-state index < -0.39 is 0 Å². The van der Waals surface area contributed by atoms with Gasteiger partial charge in [-0.05, 0) is 26.7 Å². The Morgan fingerprint density at radius 2 is 2.36 bits per heavy atom. The van der Waals surface area contributed by atoms with Crippen LogP contribution < -0.4 is 5.56 Å². The number of hydrogen-bond donors (Lipinski definition) is 1. The summed E-state index contributed by atoms with van der Waals surface area (Å²) in [7, 11) is 4.33. The highest BCUT2D eigenvalue weighted by molar-refractivity contribution is 9.05. The molecule has 0 amide bonds. The maximum atomic E-state index is 10.8. The number of rotatable bonds is 2. The Morgan fingerprint density at radius 3 is 2.91 bits per heavy atom. The van der Waals surface area contributed by atoms with Gasteiger partial charge in [-0.2, -0.15) is 5.10 Å². The van der Waals surface area contributed by atoms with E-state index in [0.29, 0.717) is 0 Å². The average molecular weight is 206 g/mol. The van der Waals surface area contributed by atoms with Gasteiger partial charge in [-0.3, -0.25) is 4.79 Å². The van der Waals surface area contributed by atoms with Gasteiger partial charge >= 0.3 is 0 Å². The van der Waals surface area contributed by atoms with E-state index in [2.05, 4.69) is 16.8 Å². The van der Waals surface area contributed by atoms with Crippen molar-refractivity contribution >= 4 is 32.3 Å². The zero-order valence-electron chi connectivity index (χ0n) is 5.72. The van der Waals surface area contributed by atoms with Crippen LogP contribution in [0.5, 0.6) is 0 Å². The third-order valence-electron chi connectivity index (χ3n) is 1.06. The zero-order valence-corrected chi connectivity index (χ0v) is 8.25. The predicted molar refractivity (Wildman–Crippen MR) is 51.9 cm³/mol. The Hall–Kier alpha value is -0.0700. The molecule has 0 aliphatic carbocycles. The van der Waals surface area contributed by atoms with Crippen molar-refractivity contribution in [1.82, 2.24) is 9.78 Å². The van der Waals surface area contributed by atoms with E-state index in [1.807, 2.05) is 0 Å². The van der Waals surface area contributed by atoms with Gasteiger partial charge in [0.05, 0.1) is 0 Å². The summed E-state index contributed by atoms with van der Waals surface area (Å²) >= 11 is 3.94. The molecule has 11 heavy (non-hydrogen) atoms. The van der Waals surface area contributed by atoms with Gasteiger partial charge in [0.1, 0.15) is 5.03 Å². The van der Waals surface area contributed by atoms with Crippen LogP contribution in [0.4, 0.5) is 0 Å². The third kappa shape index (κ3) is 2.46. The number of hydrogen-bond acceptors (Lipinski definition) is 5. The fourth-order valence-electron chi connectivity index (χ4n) is 0.564. The van der Waals surface area contributed by atoms with Gasteiger partial charge in [0, 0.05) is 13.1 Å². The molecule has 1 heterocycles. The lowest BCUT2D eigenvalue weighted by molar-refractivity contribution is 0.669. The minimum absolute atomic E-state index is 0.0986. The Labute approximate surface area is 76.8 Å². The maximum Gasteiger partial charge on any atom is 0.266 e. The molecule has 3 nitrogen and oxygen atoms in total. The molecule has 0 bridgehead atoms. The highest BCUT2D eigenvalue weighted by Crippen LogP contribution is 2.30. The first-order chi connectivity index (χ1) is 5.24. The number of thiol groups is 1. The summed E-state index contributed by atoms with van der Waals surface area (Å²) in [6, 6.07) is 3.16. The second kappa shape index (κ2) is 4.08. The topological polar surface area (TPSA) is 34.9 Å². The van der Waals surface area contributed by atoms with Crippen LogP contribution in [0.15, 0.2) is 22.0 Å². The Kier molecular flexibility index (Phi) is 3.35. The smallest absolute Gasteiger partial charge is 0.266 e. The fourth-order valence-corrected chi connectivity index (χ4v) is 2.10. The van der Waals surface area contributed by atoms with Crippen LogP contribution in [-0.4, -0.2) is 9.78 Å². The van der Waals surface area contributed by atoms with Crippen LogP contribution >= 0.6 is 32.3 Å². The minimum Gasteiger partial charge on any atom is -0.268 e. The monoisotopic (exact) mass is 206 g/mol. The first-order valence-electron chi connectivity index (χ1n) is 2.76. The molecule has 0 radical (unpaired) electrons. The SMILES string of the molecule is Cn1nc(SSS)ccc1=O. The van der Waals surface area contributed by atoms with Crippen molar-refractivity contribution in [2.24, 2.45) is 7.05 Å². The van der Waals surface area contributed by atoms with Gasteiger partial charge in [0.2, 0.25) is 0 Å². The number of nitrogens with zero attached hydrogens (tertiary/aromatic N) is 2. The lowest BCUT2D eigenvalue weighted by Gasteiger charge is -1.97. The molecule has 0 spiro atoms. The van der Waals surface area contributed by atoms with Gasteiger partial charge in [0.15, 0.2) is 0 Å². The minimum atomic E-state index is -0.0986. The van der Waals surface area contributed by atoms with Crippen LogP contribution in [0, 0.1) is 0 Å². The van der Waals surface area contributed by atoms with E-state index >= 15 is 0 Å². The summed E-state index contributed by atoms with van der Waals surface area (Å²) in [6.45, 7) is 0. The van der Waals surface area contributed by atoms with Gasteiger partial charge in [-0.25, -0.2) is 4.68 Å². The van der Waals surface area contributed by atoms with E-state index in [0.717, 1.165) is 5.03 Å². The van der Waals surface area contributed by atoms with Crippen LogP contribution in [0.3, 0.4) is 0 Å². The molecule has 1 aromatic rings. The van der Waals surface area contributed by atoms with Gasteiger partial charge in [0.25, 0.3) is 5.56 Å². The zero-order chi connectivity index (χ0) is 8.27. The third-order valence-corrected chi connectivity index (χ3v) is 2.93. The lowest BCUT2D eigenvalue weighted by atomic mass is 10.6. The maximum absolute atomic E-state index is 10.8. The predicted octanol–water partition coefficient (Wildman–Crippen LogP) is 1.37. The first kappa shape index (κ1) is 9.02. The summed E-state index contributed by atoms with van der Waals surface area (Å²) in [5, 5.41) is 4.74. The Morgan fingerprint density at radius 1 is 1.64 bits per heavy atom. The molecule has 0 saturated carbocycles. The van der Waals surface area contributed by atoms with E-state index in [-0.39, 0.29) is 5.56 Å². The van der Waals surface area contributed by atoms with Crippen molar-refractivity contribution in [2.45, 2.75) is 5.03 Å². The van der Waals surface area contributed by atoms with Crippen molar-refractivity contribution in [3.05, 3.63) is 22.5 Å². The standard InChI is InChI=1S/C5H6N2OS3/c1-7-5(8)3-2-4(6-7)10-11-9/h2-3,9H,1H3. The normalized spacial score (nSPS) is 10.0. The molecule has 0 aromatic carbocycles. The molecule has 1 rings (SSSR count). The van der Waals surface area contributed by atoms with E-state index in [1.165, 1.54) is 31.4 Å². The second-order valence-electron chi connectivity index (χ2n) is 1.79. The number of aromatic nitrogens is 2. The summed E-state index contributed by atoms with van der Waals surface area (Å²) in [5.41, 5.74) is -0.0986. The molecule has 1 aromatic heterocycles. The molecular formula is C5H6N2OS3. The van der Waals surface area contributed by atoms with E-state index in [4.69, 9.17) is 0 Å². The van der Waals surface area contributed by atoms with Gasteiger partial charge < -0.3 is 0 Å². The van der Waals surface area contributed by atoms with Gasteiger partial charge in [-0.15, -0.1) is 0 Å². The molecule has 0 atom stereocenters. The van der Waals surface area contributed by atoms with Crippen LogP contribution in [-0.2, 0) is 7.05 Å². The summed E-state index contributed by atoms with van der Waals surface area (Å²) in [4.78, 5) is 10.8. The molecule has 0 aliphatic rings. The fraction of sp³-hybridized carbons (Fsp3) is 0.200. The molecular weight excluding hydrogens is 200 g/mol. The summed E-state index contributed by atoms with van der Waals surface area (Å²) in [6.07, 6.45) is 0. The van der Waals surface area contributed by atoms with Crippen molar-refractivity contribution in [2.75, 3.05) is 0 Å². The highest BCUT2D eigenvalue weighted by atomic mass is 33.5. The Bertz CT molecular complexity index is 298. The van der Waals surface area contributed by atoms with Crippen molar-refractivity contribution in [1.29, 1.82) is 0 Å². The van der Waals surface area contributed by atoms with Crippen LogP contribution in [0.1, 0.15) is 0 Å². The average Bonchev–Trinajstić information content (AvgIpc) is 1.98. The largest absolute Gasteiger partial charge is 0.268 e. The molecule has 0 aliphatic heterocycles. The highest BCUT2D eigenvalue weighted by Gasteiger charge is 1.95. The van der Waals surface area contributed by atoms with Crippen LogP contribution in [0.2, 0.25) is 0 Å². The molecule has 60 valence electrons. The van der Waals surface area contributed by atoms with Crippen molar-refractivity contribution < 1.29 is 0 Å². The van der Waals surface area contributed by atoms with Gasteiger partial charge in [-0.1, -0.05) is 11.7 Å². The van der Waals surface area contributed by atoms with Crippen molar-refractivity contribution in [3.8, 4) is 0 Å². The molecule has 6 heteroatoms. The van der Waals surface area contributed by atoms with Crippen molar-refractivity contribution in [3.63, 3.8) is 0 Å². The number of aryl methyl sites for hydroxylation is 1. The quantitative estimate of drug-likeness (QED) is 0.585. The molecule has 0 fully saturated rings. The summed E-state index contributed by atoms with van der Waals surface area (Å²) in [5.74, 6) is 0. The Balaban J connectivity index is 2.96. The second-order valence-corrected chi connectivity index (χ2v) is 4.81. The summed E-state index contributed by atoms with van der Waals surface area (Å²) < 4.78 is 1.30.